The van der Waals surface area contributed by atoms with Gasteiger partial charge in [0.2, 0.25) is 0 Å². The summed E-state index contributed by atoms with van der Waals surface area (Å²) in [5, 5.41) is 0. The van der Waals surface area contributed by atoms with Crippen molar-refractivity contribution in [2.75, 3.05) is 0 Å². The summed E-state index contributed by atoms with van der Waals surface area (Å²) in [5.41, 5.74) is 7.15. The van der Waals surface area contributed by atoms with Crippen molar-refractivity contribution in [1.82, 2.24) is 9.97 Å². The van der Waals surface area contributed by atoms with Gasteiger partial charge < -0.3 is 10.5 Å². The monoisotopic (exact) mass is 311 g/mol. The van der Waals surface area contributed by atoms with Gasteiger partial charge in [0.25, 0.3) is 0 Å². The standard InChI is InChI=1S/C12H11BrFN3O/c1-7-8(5-15)6-16-12(17-7)18-9-2-3-11(14)10(13)4-9/h2-4,6H,5,15H2,1H3. The van der Waals surface area contributed by atoms with Crippen molar-refractivity contribution in [3.05, 3.63) is 45.9 Å². The third kappa shape index (κ3) is 2.83. The van der Waals surface area contributed by atoms with E-state index in [1.807, 2.05) is 6.92 Å². The van der Waals surface area contributed by atoms with E-state index in [9.17, 15) is 4.39 Å². The summed E-state index contributed by atoms with van der Waals surface area (Å²) in [6.07, 6.45) is 1.62. The third-order valence-corrected chi connectivity index (χ3v) is 2.99. The van der Waals surface area contributed by atoms with E-state index >= 15 is 0 Å². The lowest BCUT2D eigenvalue weighted by Crippen LogP contribution is -2.03. The smallest absolute Gasteiger partial charge is 0.322 e. The lowest BCUT2D eigenvalue weighted by atomic mass is 10.2. The Balaban J connectivity index is 2.23. The molecule has 0 unspecified atom stereocenters. The highest BCUT2D eigenvalue weighted by molar-refractivity contribution is 9.10. The van der Waals surface area contributed by atoms with Gasteiger partial charge in [-0.05, 0) is 41.1 Å². The van der Waals surface area contributed by atoms with E-state index in [0.717, 1.165) is 11.3 Å². The third-order valence-electron chi connectivity index (χ3n) is 2.38. The van der Waals surface area contributed by atoms with E-state index in [0.29, 0.717) is 16.8 Å². The second-order valence-electron chi connectivity index (χ2n) is 3.65. The number of aromatic nitrogens is 2. The predicted molar refractivity (Wildman–Crippen MR) is 68.8 cm³/mol. The van der Waals surface area contributed by atoms with E-state index in [4.69, 9.17) is 10.5 Å². The Kier molecular flexibility index (Phi) is 3.88. The molecule has 2 N–H and O–H groups in total. The van der Waals surface area contributed by atoms with Crippen LogP contribution in [-0.4, -0.2) is 9.97 Å². The average molecular weight is 312 g/mol. The van der Waals surface area contributed by atoms with E-state index in [2.05, 4.69) is 25.9 Å². The lowest BCUT2D eigenvalue weighted by molar-refractivity contribution is 0.437. The Morgan fingerprint density at radius 1 is 1.44 bits per heavy atom. The number of aryl methyl sites for hydroxylation is 1. The molecule has 4 nitrogen and oxygen atoms in total. The second-order valence-corrected chi connectivity index (χ2v) is 4.50. The number of hydrogen-bond acceptors (Lipinski definition) is 4. The van der Waals surface area contributed by atoms with Crippen LogP contribution in [0.15, 0.2) is 28.9 Å². The molecule has 0 bridgehead atoms. The highest BCUT2D eigenvalue weighted by Crippen LogP contribution is 2.24. The summed E-state index contributed by atoms with van der Waals surface area (Å²) in [6, 6.07) is 4.55. The van der Waals surface area contributed by atoms with Gasteiger partial charge in [-0.15, -0.1) is 0 Å². The fraction of sp³-hybridized carbons (Fsp3) is 0.167. The molecular formula is C12H11BrFN3O. The molecule has 1 aromatic heterocycles. The van der Waals surface area contributed by atoms with Crippen molar-refractivity contribution in [2.45, 2.75) is 13.5 Å². The van der Waals surface area contributed by atoms with Gasteiger partial charge in [0.05, 0.1) is 4.47 Å². The van der Waals surface area contributed by atoms with Crippen LogP contribution in [0.5, 0.6) is 11.8 Å². The second kappa shape index (κ2) is 5.41. The number of rotatable bonds is 3. The molecule has 0 fully saturated rings. The van der Waals surface area contributed by atoms with Gasteiger partial charge in [0.15, 0.2) is 0 Å². The minimum absolute atomic E-state index is 0.211. The molecular weight excluding hydrogens is 301 g/mol. The molecule has 6 heteroatoms. The molecule has 2 rings (SSSR count). The summed E-state index contributed by atoms with van der Waals surface area (Å²) in [5.74, 6) is 0.112. The van der Waals surface area contributed by atoms with E-state index < -0.39 is 0 Å². The number of nitrogens with two attached hydrogens (primary N) is 1. The predicted octanol–water partition coefficient (Wildman–Crippen LogP) is 2.94. The Bertz CT molecular complexity index is 577. The topological polar surface area (TPSA) is 61.0 Å². The van der Waals surface area contributed by atoms with Crippen LogP contribution >= 0.6 is 15.9 Å². The molecule has 0 aliphatic carbocycles. The number of halogens is 2. The molecule has 0 radical (unpaired) electrons. The fourth-order valence-electron chi connectivity index (χ4n) is 1.37. The van der Waals surface area contributed by atoms with E-state index in [1.165, 1.54) is 18.2 Å². The normalized spacial score (nSPS) is 10.4. The first-order chi connectivity index (χ1) is 8.60. The Morgan fingerprint density at radius 3 is 2.83 bits per heavy atom. The van der Waals surface area contributed by atoms with Gasteiger partial charge in [0, 0.05) is 24.0 Å². The van der Waals surface area contributed by atoms with Crippen molar-refractivity contribution in [2.24, 2.45) is 5.73 Å². The average Bonchev–Trinajstić information content (AvgIpc) is 2.34. The Labute approximate surface area is 112 Å². The van der Waals surface area contributed by atoms with Crippen LogP contribution in [0, 0.1) is 12.7 Å². The lowest BCUT2D eigenvalue weighted by Gasteiger charge is -2.07. The number of nitrogens with zero attached hydrogens (tertiary/aromatic N) is 2. The maximum absolute atomic E-state index is 13.1. The van der Waals surface area contributed by atoms with Gasteiger partial charge in [0.1, 0.15) is 11.6 Å². The zero-order chi connectivity index (χ0) is 13.1. The van der Waals surface area contributed by atoms with Crippen molar-refractivity contribution < 1.29 is 9.13 Å². The van der Waals surface area contributed by atoms with Crippen molar-refractivity contribution in [1.29, 1.82) is 0 Å². The molecule has 18 heavy (non-hydrogen) atoms. The molecule has 0 atom stereocenters. The number of ether oxygens (including phenoxy) is 1. The zero-order valence-corrected chi connectivity index (χ0v) is 11.2. The van der Waals surface area contributed by atoms with Crippen molar-refractivity contribution in [3.8, 4) is 11.8 Å². The van der Waals surface area contributed by atoms with Crippen molar-refractivity contribution in [3.63, 3.8) is 0 Å². The molecule has 0 spiro atoms. The van der Waals surface area contributed by atoms with Gasteiger partial charge in [-0.3, -0.25) is 0 Å². The highest BCUT2D eigenvalue weighted by atomic mass is 79.9. The SMILES string of the molecule is Cc1nc(Oc2ccc(F)c(Br)c2)ncc1CN. The minimum Gasteiger partial charge on any atom is -0.424 e. The van der Waals surface area contributed by atoms with Gasteiger partial charge in [-0.2, -0.15) is 4.98 Å². The van der Waals surface area contributed by atoms with Gasteiger partial charge in [-0.25, -0.2) is 9.37 Å². The highest BCUT2D eigenvalue weighted by Gasteiger charge is 2.06. The number of benzene rings is 1. The maximum atomic E-state index is 13.1. The van der Waals surface area contributed by atoms with Crippen LogP contribution in [-0.2, 0) is 6.54 Å². The molecule has 2 aromatic rings. The van der Waals surface area contributed by atoms with Gasteiger partial charge in [-0.1, -0.05) is 0 Å². The van der Waals surface area contributed by atoms with E-state index in [1.54, 1.807) is 6.20 Å². The summed E-state index contributed by atoms with van der Waals surface area (Å²) >= 11 is 3.08. The van der Waals surface area contributed by atoms with Crippen LogP contribution in [0.1, 0.15) is 11.3 Å². The first-order valence-electron chi connectivity index (χ1n) is 5.25. The zero-order valence-electron chi connectivity index (χ0n) is 9.65. The molecule has 0 aliphatic heterocycles. The molecule has 0 saturated heterocycles. The maximum Gasteiger partial charge on any atom is 0.322 e. The summed E-state index contributed by atoms with van der Waals surface area (Å²) in [4.78, 5) is 8.20. The summed E-state index contributed by atoms with van der Waals surface area (Å²) < 4.78 is 18.8. The Hall–Kier alpha value is -1.53. The molecule has 0 amide bonds. The van der Waals surface area contributed by atoms with Crippen molar-refractivity contribution >= 4 is 15.9 Å². The molecule has 94 valence electrons. The quantitative estimate of drug-likeness (QED) is 0.946. The first kappa shape index (κ1) is 12.9. The molecule has 0 aliphatic rings. The first-order valence-corrected chi connectivity index (χ1v) is 6.05. The van der Waals surface area contributed by atoms with Crippen LogP contribution in [0.25, 0.3) is 0 Å². The fourth-order valence-corrected chi connectivity index (χ4v) is 1.72. The summed E-state index contributed by atoms with van der Waals surface area (Å²) in [6.45, 7) is 2.21. The van der Waals surface area contributed by atoms with Crippen LogP contribution < -0.4 is 10.5 Å². The van der Waals surface area contributed by atoms with Crippen LogP contribution in [0.3, 0.4) is 0 Å². The largest absolute Gasteiger partial charge is 0.424 e. The number of hydrogen-bond donors (Lipinski definition) is 1. The molecule has 1 heterocycles. The minimum atomic E-state index is -0.349. The van der Waals surface area contributed by atoms with Crippen LogP contribution in [0.4, 0.5) is 4.39 Å². The summed E-state index contributed by atoms with van der Waals surface area (Å²) in [7, 11) is 0. The van der Waals surface area contributed by atoms with Crippen LogP contribution in [0.2, 0.25) is 0 Å². The Morgan fingerprint density at radius 2 is 2.22 bits per heavy atom. The van der Waals surface area contributed by atoms with E-state index in [-0.39, 0.29) is 11.8 Å². The molecule has 0 saturated carbocycles. The van der Waals surface area contributed by atoms with Gasteiger partial charge >= 0.3 is 6.01 Å². The molecule has 1 aromatic carbocycles.